The first-order valence-electron chi connectivity index (χ1n) is 27.5. The molecule has 70 heavy (non-hydrogen) atoms. The maximum atomic E-state index is 13.2. The van der Waals surface area contributed by atoms with E-state index in [9.17, 15) is 45.6 Å². The first kappa shape index (κ1) is 63.8. The van der Waals surface area contributed by atoms with E-state index in [1.54, 1.807) is 6.08 Å². The molecule has 12 atom stereocenters. The standard InChI is InChI=1S/C56H99NO13/c1-3-5-7-9-11-13-15-17-19-20-21-22-23-24-25-26-27-29-31-33-35-37-39-45(60)44(57-48(61)40-38-36-34-32-30-28-18-16-14-12-10-8-6-4-2)43-67-55-53(66)51(64)54(47(42-59)69-55)70-56-52(65)50(63)49(62)46(41-58)68-56/h10,12,16,18,24-25,29,31,37,39,44-47,49-56,58-60,62-66H,3-9,11,13-15,17,19-23,26-28,30,32-36,38,40-43H2,1-2H3,(H,57,61)/b12-10-,18-16-,25-24+,31-29+,39-37+. The molecule has 12 unspecified atom stereocenters. The van der Waals surface area contributed by atoms with Crippen LogP contribution in [0.15, 0.2) is 60.8 Å². The fraction of sp³-hybridized carbons (Fsp3) is 0.804. The van der Waals surface area contributed by atoms with Crippen LogP contribution in [0, 0.1) is 0 Å². The van der Waals surface area contributed by atoms with Crippen molar-refractivity contribution in [3.05, 3.63) is 60.8 Å². The summed E-state index contributed by atoms with van der Waals surface area (Å²) in [4.78, 5) is 13.2. The molecule has 2 heterocycles. The number of aliphatic hydroxyl groups excluding tert-OH is 8. The quantitative estimate of drug-likeness (QED) is 0.0208. The molecule has 2 aliphatic heterocycles. The van der Waals surface area contributed by atoms with Gasteiger partial charge in [-0.3, -0.25) is 4.79 Å². The third-order valence-corrected chi connectivity index (χ3v) is 13.2. The molecule has 0 aromatic rings. The summed E-state index contributed by atoms with van der Waals surface area (Å²) < 4.78 is 22.7. The molecule has 2 rings (SSSR count). The average Bonchev–Trinajstić information content (AvgIpc) is 3.36. The molecule has 2 aliphatic rings. The number of aliphatic hydroxyl groups is 8. The number of unbranched alkanes of at least 4 members (excludes halogenated alkanes) is 21. The highest BCUT2D eigenvalue weighted by atomic mass is 16.7. The number of carbonyl (C=O) groups is 1. The normalized spacial score (nSPS) is 26.4. The van der Waals surface area contributed by atoms with E-state index in [-0.39, 0.29) is 18.9 Å². The molecule has 0 spiro atoms. The fourth-order valence-electron chi connectivity index (χ4n) is 8.63. The van der Waals surface area contributed by atoms with Gasteiger partial charge in [-0.2, -0.15) is 0 Å². The second-order valence-corrected chi connectivity index (χ2v) is 19.3. The molecule has 14 nitrogen and oxygen atoms in total. The molecule has 0 aliphatic carbocycles. The predicted molar refractivity (Wildman–Crippen MR) is 277 cm³/mol. The Kier molecular flexibility index (Phi) is 38.4. The molecule has 0 saturated carbocycles. The number of carbonyl (C=O) groups excluding carboxylic acids is 1. The summed E-state index contributed by atoms with van der Waals surface area (Å²) in [7, 11) is 0. The van der Waals surface area contributed by atoms with Gasteiger partial charge in [0, 0.05) is 6.42 Å². The van der Waals surface area contributed by atoms with Crippen molar-refractivity contribution in [1.82, 2.24) is 5.32 Å². The molecule has 0 aromatic heterocycles. The number of allylic oxidation sites excluding steroid dienone is 9. The van der Waals surface area contributed by atoms with Crippen LogP contribution in [0.25, 0.3) is 0 Å². The maximum absolute atomic E-state index is 13.2. The van der Waals surface area contributed by atoms with E-state index in [0.717, 1.165) is 70.6 Å². The van der Waals surface area contributed by atoms with Crippen LogP contribution in [0.1, 0.15) is 194 Å². The molecule has 406 valence electrons. The first-order chi connectivity index (χ1) is 34.1. The Morgan fingerprint density at radius 1 is 0.514 bits per heavy atom. The number of ether oxygens (including phenoxy) is 4. The molecule has 0 radical (unpaired) electrons. The summed E-state index contributed by atoms with van der Waals surface area (Å²) in [5.41, 5.74) is 0. The van der Waals surface area contributed by atoms with E-state index in [4.69, 9.17) is 18.9 Å². The summed E-state index contributed by atoms with van der Waals surface area (Å²) in [6.07, 6.45) is 35.5. The lowest BCUT2D eigenvalue weighted by Gasteiger charge is -2.46. The molecule has 2 saturated heterocycles. The van der Waals surface area contributed by atoms with Gasteiger partial charge in [0.05, 0.1) is 32.0 Å². The van der Waals surface area contributed by atoms with Crippen LogP contribution >= 0.6 is 0 Å². The van der Waals surface area contributed by atoms with E-state index in [1.807, 2.05) is 6.08 Å². The number of nitrogens with one attached hydrogen (secondary N) is 1. The number of hydrogen-bond acceptors (Lipinski definition) is 13. The molecule has 9 N–H and O–H groups in total. The Morgan fingerprint density at radius 3 is 1.53 bits per heavy atom. The lowest BCUT2D eigenvalue weighted by molar-refractivity contribution is -0.359. The Morgan fingerprint density at radius 2 is 0.971 bits per heavy atom. The van der Waals surface area contributed by atoms with Crippen molar-refractivity contribution in [2.75, 3.05) is 19.8 Å². The van der Waals surface area contributed by atoms with Gasteiger partial charge in [0.1, 0.15) is 48.8 Å². The van der Waals surface area contributed by atoms with Crippen LogP contribution in [0.3, 0.4) is 0 Å². The summed E-state index contributed by atoms with van der Waals surface area (Å²) in [5, 5.41) is 86.8. The minimum atomic E-state index is -1.80. The Hall–Kier alpha value is -2.31. The third-order valence-electron chi connectivity index (χ3n) is 13.2. The fourth-order valence-corrected chi connectivity index (χ4v) is 8.63. The van der Waals surface area contributed by atoms with Crippen LogP contribution in [0.2, 0.25) is 0 Å². The van der Waals surface area contributed by atoms with Gasteiger partial charge in [-0.15, -0.1) is 0 Å². The van der Waals surface area contributed by atoms with Gasteiger partial charge in [-0.25, -0.2) is 0 Å². The largest absolute Gasteiger partial charge is 0.394 e. The van der Waals surface area contributed by atoms with Gasteiger partial charge in [-0.05, 0) is 70.6 Å². The monoisotopic (exact) mass is 994 g/mol. The number of rotatable bonds is 42. The second kappa shape index (κ2) is 42.1. The zero-order valence-electron chi connectivity index (χ0n) is 43.2. The van der Waals surface area contributed by atoms with Gasteiger partial charge < -0.3 is 65.1 Å². The summed E-state index contributed by atoms with van der Waals surface area (Å²) in [6, 6.07) is -0.946. The van der Waals surface area contributed by atoms with Crippen molar-refractivity contribution in [3.8, 4) is 0 Å². The smallest absolute Gasteiger partial charge is 0.220 e. The number of amides is 1. The summed E-state index contributed by atoms with van der Waals surface area (Å²) in [5.74, 6) is -0.270. The maximum Gasteiger partial charge on any atom is 0.220 e. The minimum Gasteiger partial charge on any atom is -0.394 e. The molecular weight excluding hydrogens is 895 g/mol. The van der Waals surface area contributed by atoms with Crippen LogP contribution in [-0.4, -0.2) is 140 Å². The topological polar surface area (TPSA) is 228 Å². The van der Waals surface area contributed by atoms with Crippen molar-refractivity contribution in [2.24, 2.45) is 0 Å². The molecule has 2 fully saturated rings. The zero-order chi connectivity index (χ0) is 51.0. The highest BCUT2D eigenvalue weighted by Crippen LogP contribution is 2.30. The molecule has 1 amide bonds. The van der Waals surface area contributed by atoms with Crippen molar-refractivity contribution < 1.29 is 64.6 Å². The third kappa shape index (κ3) is 28.2. The van der Waals surface area contributed by atoms with Crippen LogP contribution in [0.5, 0.6) is 0 Å². The van der Waals surface area contributed by atoms with E-state index >= 15 is 0 Å². The van der Waals surface area contributed by atoms with Crippen molar-refractivity contribution >= 4 is 5.91 Å². The Labute approximate surface area is 422 Å². The van der Waals surface area contributed by atoms with Crippen LogP contribution < -0.4 is 5.32 Å². The van der Waals surface area contributed by atoms with Gasteiger partial charge >= 0.3 is 0 Å². The van der Waals surface area contributed by atoms with Crippen molar-refractivity contribution in [2.45, 2.75) is 267 Å². The van der Waals surface area contributed by atoms with Gasteiger partial charge in [0.2, 0.25) is 5.91 Å². The highest BCUT2D eigenvalue weighted by molar-refractivity contribution is 5.76. The summed E-state index contributed by atoms with van der Waals surface area (Å²) in [6.45, 7) is 2.70. The average molecular weight is 994 g/mol. The second-order valence-electron chi connectivity index (χ2n) is 19.3. The zero-order valence-corrected chi connectivity index (χ0v) is 43.2. The molecule has 14 heteroatoms. The van der Waals surface area contributed by atoms with Crippen molar-refractivity contribution in [3.63, 3.8) is 0 Å². The van der Waals surface area contributed by atoms with E-state index < -0.39 is 86.8 Å². The van der Waals surface area contributed by atoms with Crippen LogP contribution in [0.4, 0.5) is 0 Å². The van der Waals surface area contributed by atoms with E-state index in [1.165, 1.54) is 89.9 Å². The Balaban J connectivity index is 1.84. The van der Waals surface area contributed by atoms with Crippen molar-refractivity contribution in [1.29, 1.82) is 0 Å². The van der Waals surface area contributed by atoms with Crippen LogP contribution in [-0.2, 0) is 23.7 Å². The summed E-state index contributed by atoms with van der Waals surface area (Å²) >= 11 is 0. The Bertz CT molecular complexity index is 1410. The van der Waals surface area contributed by atoms with E-state index in [2.05, 4.69) is 67.8 Å². The lowest BCUT2D eigenvalue weighted by atomic mass is 9.97. The first-order valence-corrected chi connectivity index (χ1v) is 27.5. The molecule has 0 bridgehead atoms. The minimum absolute atomic E-state index is 0.251. The lowest BCUT2D eigenvalue weighted by Crippen LogP contribution is -2.65. The van der Waals surface area contributed by atoms with Gasteiger partial charge in [-0.1, -0.05) is 177 Å². The highest BCUT2D eigenvalue weighted by Gasteiger charge is 2.51. The molecular formula is C56H99NO13. The molecule has 0 aromatic carbocycles. The predicted octanol–water partition coefficient (Wildman–Crippen LogP) is 8.22. The number of hydrogen-bond donors (Lipinski definition) is 9. The van der Waals surface area contributed by atoms with E-state index in [0.29, 0.717) is 12.8 Å². The van der Waals surface area contributed by atoms with Gasteiger partial charge in [0.15, 0.2) is 12.6 Å². The SMILES string of the molecule is CCCC/C=C\C/C=C\CCCCCCCC(=O)NC(COC1OC(CO)C(OC2OC(CO)C(O)C(O)C2O)C(O)C1O)C(O)/C=C/CC/C=C/CC/C=C/CCCCCCCCCCCCCC. The van der Waals surface area contributed by atoms with Gasteiger partial charge in [0.25, 0.3) is 0 Å².